The minimum Gasteiger partial charge on any atom is -0.454 e. The van der Waals surface area contributed by atoms with Crippen LogP contribution in [0.5, 0.6) is 11.5 Å². The first-order valence-electron chi connectivity index (χ1n) is 9.82. The molecular weight excluding hydrogens is 354 g/mol. The fraction of sp³-hybridized carbons (Fsp3) is 0.500. The Hall–Kier alpha value is -2.47. The van der Waals surface area contributed by atoms with E-state index in [2.05, 4.69) is 61.6 Å². The van der Waals surface area contributed by atoms with Crippen LogP contribution in [0.2, 0.25) is 0 Å². The van der Waals surface area contributed by atoms with Gasteiger partial charge in [-0.3, -0.25) is 0 Å². The van der Waals surface area contributed by atoms with E-state index < -0.39 is 6.03 Å². The van der Waals surface area contributed by atoms with Crippen LogP contribution in [0.15, 0.2) is 42.5 Å². The molecule has 0 saturated carbocycles. The van der Waals surface area contributed by atoms with Crippen LogP contribution in [0, 0.1) is 11.3 Å². The Kier molecular flexibility index (Phi) is 6.29. The van der Waals surface area contributed by atoms with Gasteiger partial charge in [0, 0.05) is 12.6 Å². The number of benzene rings is 1. The van der Waals surface area contributed by atoms with E-state index in [1.54, 1.807) is 0 Å². The van der Waals surface area contributed by atoms with Crippen LogP contribution < -0.4 is 20.5 Å². The molecule has 6 nitrogen and oxygen atoms in total. The first-order chi connectivity index (χ1) is 13.4. The monoisotopic (exact) mass is 385 g/mol. The number of carbonyl (C=O) groups is 1. The van der Waals surface area contributed by atoms with E-state index >= 15 is 0 Å². The van der Waals surface area contributed by atoms with Crippen molar-refractivity contribution in [3.63, 3.8) is 0 Å². The Labute approximate surface area is 167 Å². The molecule has 1 aromatic carbocycles. The number of nitrogens with two attached hydrogens (primary N) is 1. The van der Waals surface area contributed by atoms with Gasteiger partial charge in [-0.1, -0.05) is 43.4 Å². The molecule has 0 bridgehead atoms. The second kappa shape index (κ2) is 8.69. The van der Waals surface area contributed by atoms with Crippen molar-refractivity contribution in [3.05, 3.63) is 48.1 Å². The highest BCUT2D eigenvalue weighted by Gasteiger charge is 2.35. The molecule has 0 radical (unpaired) electrons. The Balaban J connectivity index is 1.73. The topological polar surface area (TPSA) is 76.8 Å². The molecule has 28 heavy (non-hydrogen) atoms. The lowest BCUT2D eigenvalue weighted by atomic mass is 9.68. The first kappa shape index (κ1) is 20.3. The van der Waals surface area contributed by atoms with E-state index in [0.29, 0.717) is 25.3 Å². The van der Waals surface area contributed by atoms with Gasteiger partial charge in [0.25, 0.3) is 0 Å². The summed E-state index contributed by atoms with van der Waals surface area (Å²) in [5.74, 6) is 2.05. The number of nitrogens with zero attached hydrogens (tertiary/aromatic N) is 1. The SMILES string of the molecule is CN(C)C(Cc1cccc2c1OCO2)CC1(C)C=CC=CC1CCNC(N)=O. The van der Waals surface area contributed by atoms with Crippen molar-refractivity contribution in [1.82, 2.24) is 10.2 Å². The molecule has 0 fully saturated rings. The third kappa shape index (κ3) is 4.68. The van der Waals surface area contributed by atoms with Crippen molar-refractivity contribution in [1.29, 1.82) is 0 Å². The second-order valence-electron chi connectivity index (χ2n) is 8.11. The van der Waals surface area contributed by atoms with Crippen molar-refractivity contribution in [2.45, 2.75) is 32.2 Å². The largest absolute Gasteiger partial charge is 0.454 e. The summed E-state index contributed by atoms with van der Waals surface area (Å²) in [6.07, 6.45) is 11.5. The molecule has 3 rings (SSSR count). The van der Waals surface area contributed by atoms with Gasteiger partial charge in [-0.15, -0.1) is 0 Å². The van der Waals surface area contributed by atoms with E-state index in [0.717, 1.165) is 30.8 Å². The van der Waals surface area contributed by atoms with Gasteiger partial charge in [-0.05, 0) is 56.3 Å². The van der Waals surface area contributed by atoms with Gasteiger partial charge in [0.2, 0.25) is 6.79 Å². The molecule has 1 aromatic rings. The zero-order valence-electron chi connectivity index (χ0n) is 17.0. The molecule has 1 heterocycles. The lowest BCUT2D eigenvalue weighted by Gasteiger charge is -2.40. The Morgan fingerprint density at radius 1 is 1.36 bits per heavy atom. The standard InChI is InChI=1S/C22H31N3O3/c1-22(11-5-4-8-17(22)10-12-24-21(23)26)14-18(25(2)3)13-16-7-6-9-19-20(16)28-15-27-19/h4-9,11,17-18H,10,12-15H2,1-3H3,(H3,23,24,26). The summed E-state index contributed by atoms with van der Waals surface area (Å²) in [7, 11) is 4.25. The number of rotatable bonds is 8. The average Bonchev–Trinajstić information content (AvgIpc) is 3.12. The van der Waals surface area contributed by atoms with Gasteiger partial charge in [0.15, 0.2) is 11.5 Å². The molecule has 0 aromatic heterocycles. The quantitative estimate of drug-likeness (QED) is 0.721. The summed E-state index contributed by atoms with van der Waals surface area (Å²) in [6, 6.07) is 5.97. The van der Waals surface area contributed by atoms with Gasteiger partial charge in [0.05, 0.1) is 0 Å². The molecule has 2 aliphatic rings. The number of likely N-dealkylation sites (N-methyl/N-ethyl adjacent to an activating group) is 1. The highest BCUT2D eigenvalue weighted by Crippen LogP contribution is 2.42. The number of fused-ring (bicyclic) bond motifs is 1. The smallest absolute Gasteiger partial charge is 0.312 e. The third-order valence-electron chi connectivity index (χ3n) is 5.87. The van der Waals surface area contributed by atoms with Gasteiger partial charge in [-0.25, -0.2) is 4.79 Å². The van der Waals surface area contributed by atoms with E-state index in [9.17, 15) is 4.79 Å². The number of nitrogens with one attached hydrogen (secondary N) is 1. The van der Waals surface area contributed by atoms with Crippen LogP contribution in [0.25, 0.3) is 0 Å². The maximum Gasteiger partial charge on any atom is 0.312 e. The van der Waals surface area contributed by atoms with Gasteiger partial charge >= 0.3 is 6.03 Å². The normalized spacial score (nSPS) is 23.8. The van der Waals surface area contributed by atoms with Gasteiger partial charge < -0.3 is 25.4 Å². The van der Waals surface area contributed by atoms with Crippen LogP contribution in [0.3, 0.4) is 0 Å². The van der Waals surface area contributed by atoms with Crippen molar-refractivity contribution in [2.75, 3.05) is 27.4 Å². The summed E-state index contributed by atoms with van der Waals surface area (Å²) in [5.41, 5.74) is 6.39. The fourth-order valence-corrected chi connectivity index (χ4v) is 4.16. The molecule has 6 heteroatoms. The Morgan fingerprint density at radius 3 is 2.93 bits per heavy atom. The molecule has 3 N–H and O–H groups in total. The molecule has 3 atom stereocenters. The fourth-order valence-electron chi connectivity index (χ4n) is 4.16. The van der Waals surface area contributed by atoms with Crippen LogP contribution in [0.1, 0.15) is 25.3 Å². The number of ether oxygens (including phenoxy) is 2. The summed E-state index contributed by atoms with van der Waals surface area (Å²) in [5, 5.41) is 2.71. The van der Waals surface area contributed by atoms with E-state index in [-0.39, 0.29) is 5.41 Å². The molecule has 0 spiro atoms. The maximum atomic E-state index is 11.0. The summed E-state index contributed by atoms with van der Waals surface area (Å²) < 4.78 is 11.2. The molecule has 152 valence electrons. The number of hydrogen-bond acceptors (Lipinski definition) is 4. The maximum absolute atomic E-state index is 11.0. The highest BCUT2D eigenvalue weighted by atomic mass is 16.7. The van der Waals surface area contributed by atoms with Crippen molar-refractivity contribution >= 4 is 6.03 Å². The third-order valence-corrected chi connectivity index (χ3v) is 5.87. The summed E-state index contributed by atoms with van der Waals surface area (Å²) >= 11 is 0. The second-order valence-corrected chi connectivity index (χ2v) is 8.11. The van der Waals surface area contributed by atoms with Crippen LogP contribution in [-0.4, -0.2) is 44.4 Å². The Morgan fingerprint density at radius 2 is 2.18 bits per heavy atom. The molecular formula is C22H31N3O3. The zero-order valence-corrected chi connectivity index (χ0v) is 17.0. The minimum atomic E-state index is -0.469. The number of hydrogen-bond donors (Lipinski definition) is 2. The van der Waals surface area contributed by atoms with Gasteiger partial charge in [-0.2, -0.15) is 0 Å². The molecule has 3 unspecified atom stereocenters. The van der Waals surface area contributed by atoms with Crippen LogP contribution >= 0.6 is 0 Å². The molecule has 1 aliphatic heterocycles. The summed E-state index contributed by atoms with van der Waals surface area (Å²) in [6.45, 7) is 3.17. The molecule has 0 saturated heterocycles. The number of primary amides is 1. The average molecular weight is 386 g/mol. The lowest BCUT2D eigenvalue weighted by molar-refractivity contribution is 0.166. The van der Waals surface area contributed by atoms with E-state index in [1.807, 2.05) is 12.1 Å². The van der Waals surface area contributed by atoms with Crippen molar-refractivity contribution < 1.29 is 14.3 Å². The summed E-state index contributed by atoms with van der Waals surface area (Å²) in [4.78, 5) is 13.3. The number of carbonyl (C=O) groups excluding carboxylic acids is 1. The number of para-hydroxylation sites is 1. The van der Waals surface area contributed by atoms with Crippen LogP contribution in [-0.2, 0) is 6.42 Å². The zero-order chi connectivity index (χ0) is 20.1. The first-order valence-corrected chi connectivity index (χ1v) is 9.82. The number of allylic oxidation sites excluding steroid dienone is 4. The molecule has 1 aliphatic carbocycles. The highest BCUT2D eigenvalue weighted by molar-refractivity contribution is 5.71. The van der Waals surface area contributed by atoms with Crippen LogP contribution in [0.4, 0.5) is 4.79 Å². The number of amides is 2. The predicted molar refractivity (Wildman–Crippen MR) is 110 cm³/mol. The van der Waals surface area contributed by atoms with Gasteiger partial charge in [0.1, 0.15) is 0 Å². The van der Waals surface area contributed by atoms with Crippen molar-refractivity contribution in [3.8, 4) is 11.5 Å². The van der Waals surface area contributed by atoms with E-state index in [1.165, 1.54) is 5.56 Å². The minimum absolute atomic E-state index is 0.00166. The van der Waals surface area contributed by atoms with Crippen molar-refractivity contribution in [2.24, 2.45) is 17.1 Å². The molecule has 2 amide bonds. The number of urea groups is 1. The predicted octanol–water partition coefficient (Wildman–Crippen LogP) is 3.08. The van der Waals surface area contributed by atoms with E-state index in [4.69, 9.17) is 15.2 Å². The lowest BCUT2D eigenvalue weighted by Crippen LogP contribution is -2.39. The Bertz CT molecular complexity index is 759.